The van der Waals surface area contributed by atoms with Crippen molar-refractivity contribution in [3.05, 3.63) is 12.2 Å². The molecule has 0 aromatic carbocycles. The van der Waals surface area contributed by atoms with E-state index in [-0.39, 0.29) is 39.8 Å². The topological polar surface area (TPSA) is 60.7 Å². The smallest absolute Gasteiger partial charge is 0.0618 e. The third-order valence-corrected chi connectivity index (χ3v) is 13.7. The fourth-order valence-electron chi connectivity index (χ4n) is 11.6. The lowest BCUT2D eigenvalue weighted by atomic mass is 9.32. The summed E-state index contributed by atoms with van der Waals surface area (Å²) in [5.41, 5.74) is 1.83. The van der Waals surface area contributed by atoms with Crippen LogP contribution in [0.3, 0.4) is 0 Å². The zero-order chi connectivity index (χ0) is 24.0. The van der Waals surface area contributed by atoms with E-state index in [0.29, 0.717) is 36.2 Å². The Morgan fingerprint density at radius 3 is 2.15 bits per heavy atom. The second-order valence-electron chi connectivity index (χ2n) is 14.4. The van der Waals surface area contributed by atoms with Gasteiger partial charge in [-0.05, 0) is 122 Å². The Kier molecular flexibility index (Phi) is 5.57. The van der Waals surface area contributed by atoms with Gasteiger partial charge in [0, 0.05) is 12.0 Å². The predicted molar refractivity (Wildman–Crippen MR) is 133 cm³/mol. The lowest BCUT2D eigenvalue weighted by molar-refractivity contribution is -0.255. The molecule has 3 heteroatoms. The molecule has 0 amide bonds. The van der Waals surface area contributed by atoms with Gasteiger partial charge in [0.05, 0.1) is 12.7 Å². The maximum atomic E-state index is 10.9. The summed E-state index contributed by atoms with van der Waals surface area (Å²) in [7, 11) is 0. The fraction of sp³-hybridized carbons (Fsp3) is 0.933. The van der Waals surface area contributed by atoms with Crippen molar-refractivity contribution in [2.75, 3.05) is 13.2 Å². The molecule has 33 heavy (non-hydrogen) atoms. The summed E-state index contributed by atoms with van der Waals surface area (Å²) < 4.78 is 0. The molecule has 5 saturated carbocycles. The SMILES string of the molecule is C=C(C)C1CC[C@]2(CO)CC[C@]3(C)[C@H](CC[C@@H]4[C@@]5(C)CCC(O)[C@@](C)(CO)[C@@H]5CC[C@]43C)[C@@H]12. The van der Waals surface area contributed by atoms with Crippen LogP contribution in [0.1, 0.15) is 98.8 Å². The molecule has 0 saturated heterocycles. The van der Waals surface area contributed by atoms with Crippen LogP contribution in [0.5, 0.6) is 0 Å². The molecule has 3 N–H and O–H groups in total. The lowest BCUT2D eigenvalue weighted by Gasteiger charge is -2.73. The van der Waals surface area contributed by atoms with E-state index >= 15 is 0 Å². The first kappa shape index (κ1) is 24.3. The van der Waals surface area contributed by atoms with E-state index in [4.69, 9.17) is 0 Å². The van der Waals surface area contributed by atoms with E-state index in [0.717, 1.165) is 19.3 Å². The van der Waals surface area contributed by atoms with E-state index in [1.807, 2.05) is 0 Å². The minimum Gasteiger partial charge on any atom is -0.396 e. The highest BCUT2D eigenvalue weighted by molar-refractivity contribution is 5.21. The van der Waals surface area contributed by atoms with E-state index in [1.54, 1.807) is 0 Å². The molecule has 5 aliphatic rings. The van der Waals surface area contributed by atoms with E-state index in [9.17, 15) is 15.3 Å². The first-order valence-corrected chi connectivity index (χ1v) is 14.0. The maximum Gasteiger partial charge on any atom is 0.0618 e. The van der Waals surface area contributed by atoms with Crippen molar-refractivity contribution in [2.45, 2.75) is 105 Å². The van der Waals surface area contributed by atoms with E-state index in [1.165, 1.54) is 50.5 Å². The van der Waals surface area contributed by atoms with Gasteiger partial charge < -0.3 is 15.3 Å². The van der Waals surface area contributed by atoms with Crippen molar-refractivity contribution in [3.63, 3.8) is 0 Å². The standard InChI is InChI=1S/C30H50O3/c1-19(2)20-9-14-30(18-32)16-15-28(5)21(25(20)30)7-8-23-26(3)12-11-24(33)27(4,17-31)22(26)10-13-29(23,28)6/h20-25,31-33H,1,7-18H2,2-6H3/t20?,21-,22-,23-,24?,25-,26+,27+,28-,29-,30-/m1/s1. The van der Waals surface area contributed by atoms with Gasteiger partial charge in [-0.1, -0.05) is 39.8 Å². The number of hydrogen-bond acceptors (Lipinski definition) is 3. The van der Waals surface area contributed by atoms with Gasteiger partial charge >= 0.3 is 0 Å². The molecule has 0 spiro atoms. The zero-order valence-electron chi connectivity index (χ0n) is 22.0. The van der Waals surface area contributed by atoms with Crippen LogP contribution < -0.4 is 0 Å². The van der Waals surface area contributed by atoms with Gasteiger partial charge in [0.15, 0.2) is 0 Å². The third kappa shape index (κ3) is 2.85. The summed E-state index contributed by atoms with van der Waals surface area (Å²) in [6, 6.07) is 0. The summed E-state index contributed by atoms with van der Waals surface area (Å²) in [5.74, 6) is 2.86. The van der Waals surface area contributed by atoms with Crippen LogP contribution in [-0.4, -0.2) is 34.6 Å². The van der Waals surface area contributed by atoms with Gasteiger partial charge in [-0.15, -0.1) is 0 Å². The number of fused-ring (bicyclic) bond motifs is 7. The zero-order valence-corrected chi connectivity index (χ0v) is 22.0. The Balaban J connectivity index is 1.55. The Bertz CT molecular complexity index is 808. The van der Waals surface area contributed by atoms with Crippen molar-refractivity contribution < 1.29 is 15.3 Å². The summed E-state index contributed by atoms with van der Waals surface area (Å²) >= 11 is 0. The van der Waals surface area contributed by atoms with E-state index < -0.39 is 0 Å². The quantitative estimate of drug-likeness (QED) is 0.457. The largest absolute Gasteiger partial charge is 0.396 e. The van der Waals surface area contributed by atoms with Crippen molar-refractivity contribution >= 4 is 0 Å². The molecule has 3 nitrogen and oxygen atoms in total. The molecule has 5 rings (SSSR count). The van der Waals surface area contributed by atoms with Crippen LogP contribution >= 0.6 is 0 Å². The van der Waals surface area contributed by atoms with Crippen molar-refractivity contribution in [1.82, 2.24) is 0 Å². The Labute approximate surface area is 202 Å². The molecule has 0 radical (unpaired) electrons. The highest BCUT2D eigenvalue weighted by Gasteiger charge is 2.71. The predicted octanol–water partition coefficient (Wildman–Crippen LogP) is 5.97. The first-order valence-electron chi connectivity index (χ1n) is 14.0. The van der Waals surface area contributed by atoms with Crippen LogP contribution in [-0.2, 0) is 0 Å². The van der Waals surface area contributed by atoms with Crippen LogP contribution in [0.25, 0.3) is 0 Å². The normalized spacial score (nSPS) is 58.1. The Morgan fingerprint density at radius 2 is 1.52 bits per heavy atom. The molecule has 5 aliphatic carbocycles. The first-order chi connectivity index (χ1) is 15.4. The molecule has 0 heterocycles. The summed E-state index contributed by atoms with van der Waals surface area (Å²) in [6.07, 6.45) is 11.2. The monoisotopic (exact) mass is 458 g/mol. The van der Waals surface area contributed by atoms with Crippen molar-refractivity contribution in [3.8, 4) is 0 Å². The van der Waals surface area contributed by atoms with Crippen molar-refractivity contribution in [1.29, 1.82) is 0 Å². The molecule has 188 valence electrons. The molecule has 11 atom stereocenters. The third-order valence-electron chi connectivity index (χ3n) is 13.7. The van der Waals surface area contributed by atoms with Crippen LogP contribution in [0, 0.1) is 56.7 Å². The Morgan fingerprint density at radius 1 is 0.788 bits per heavy atom. The molecular weight excluding hydrogens is 408 g/mol. The van der Waals surface area contributed by atoms with Gasteiger partial charge in [0.2, 0.25) is 0 Å². The van der Waals surface area contributed by atoms with Gasteiger partial charge in [-0.2, -0.15) is 0 Å². The number of allylic oxidation sites excluding steroid dienone is 1. The van der Waals surface area contributed by atoms with Crippen LogP contribution in [0.15, 0.2) is 12.2 Å². The Hall–Kier alpha value is -0.380. The second kappa shape index (κ2) is 7.56. The minimum atomic E-state index is -0.383. The number of rotatable bonds is 3. The molecule has 0 bridgehead atoms. The molecule has 0 aromatic rings. The molecule has 0 aromatic heterocycles. The summed E-state index contributed by atoms with van der Waals surface area (Å²) in [6.45, 7) is 17.0. The average molecular weight is 459 g/mol. The maximum absolute atomic E-state index is 10.9. The van der Waals surface area contributed by atoms with Gasteiger partial charge in [0.25, 0.3) is 0 Å². The lowest BCUT2D eigenvalue weighted by Crippen LogP contribution is -2.67. The van der Waals surface area contributed by atoms with Crippen molar-refractivity contribution in [2.24, 2.45) is 56.7 Å². The van der Waals surface area contributed by atoms with Gasteiger partial charge in [-0.25, -0.2) is 0 Å². The fourth-order valence-corrected chi connectivity index (χ4v) is 11.6. The summed E-state index contributed by atoms with van der Waals surface area (Å²) in [5, 5.41) is 32.0. The molecule has 2 unspecified atom stereocenters. The van der Waals surface area contributed by atoms with Gasteiger partial charge in [0.1, 0.15) is 0 Å². The molecule has 5 fully saturated rings. The van der Waals surface area contributed by atoms with Crippen LogP contribution in [0.4, 0.5) is 0 Å². The highest BCUT2D eigenvalue weighted by atomic mass is 16.3. The molecule has 0 aliphatic heterocycles. The highest BCUT2D eigenvalue weighted by Crippen LogP contribution is 2.77. The number of hydrogen-bond donors (Lipinski definition) is 3. The summed E-state index contributed by atoms with van der Waals surface area (Å²) in [4.78, 5) is 0. The average Bonchev–Trinajstić information content (AvgIpc) is 3.17. The second-order valence-corrected chi connectivity index (χ2v) is 14.4. The van der Waals surface area contributed by atoms with E-state index in [2.05, 4.69) is 41.2 Å². The minimum absolute atomic E-state index is 0.0964. The number of aliphatic hydroxyl groups excluding tert-OH is 3. The number of aliphatic hydroxyl groups is 3. The van der Waals surface area contributed by atoms with Crippen LogP contribution in [0.2, 0.25) is 0 Å². The molecular formula is C30H50O3. The van der Waals surface area contributed by atoms with Gasteiger partial charge in [-0.3, -0.25) is 0 Å².